The van der Waals surface area contributed by atoms with Gasteiger partial charge in [-0.3, -0.25) is 4.79 Å². The van der Waals surface area contributed by atoms with Crippen LogP contribution in [0.3, 0.4) is 0 Å². The Morgan fingerprint density at radius 3 is 2.41 bits per heavy atom. The highest BCUT2D eigenvalue weighted by Gasteiger charge is 2.28. The van der Waals surface area contributed by atoms with Gasteiger partial charge in [-0.25, -0.2) is 8.42 Å². The predicted octanol–water partition coefficient (Wildman–Crippen LogP) is 3.39. The van der Waals surface area contributed by atoms with Crippen LogP contribution in [-0.2, 0) is 16.6 Å². The third-order valence-corrected chi connectivity index (χ3v) is 6.69. The molecule has 0 spiro atoms. The number of amides is 1. The lowest BCUT2D eigenvalue weighted by atomic mass is 10.1. The van der Waals surface area contributed by atoms with Crippen molar-refractivity contribution in [3.8, 4) is 5.75 Å². The molecule has 1 N–H and O–H groups in total. The number of carbonyl (C=O) groups is 1. The molecule has 1 aliphatic rings. The Morgan fingerprint density at radius 1 is 1.03 bits per heavy atom. The van der Waals surface area contributed by atoms with Crippen molar-refractivity contribution in [2.45, 2.75) is 37.3 Å². The van der Waals surface area contributed by atoms with Gasteiger partial charge in [0.2, 0.25) is 10.0 Å². The monoisotopic (exact) mass is 424 g/mol. The summed E-state index contributed by atoms with van der Waals surface area (Å²) >= 11 is 0. The third-order valence-electron chi connectivity index (χ3n) is 4.69. The predicted molar refractivity (Wildman–Crippen MR) is 103 cm³/mol. The number of nitrogens with zero attached hydrogens (tertiary/aromatic N) is 1. The van der Waals surface area contributed by atoms with Crippen LogP contribution in [0.25, 0.3) is 0 Å². The maximum atomic E-state index is 13.0. The van der Waals surface area contributed by atoms with Gasteiger partial charge < -0.3 is 10.1 Å². The zero-order valence-electron chi connectivity index (χ0n) is 15.7. The maximum absolute atomic E-state index is 13.0. The topological polar surface area (TPSA) is 75.7 Å². The van der Waals surface area contributed by atoms with Crippen LogP contribution in [0.1, 0.15) is 35.2 Å². The summed E-state index contributed by atoms with van der Waals surface area (Å²) in [5, 5.41) is 2.60. The molecular weight excluding hydrogens is 402 g/mol. The van der Waals surface area contributed by atoms with Crippen molar-refractivity contribution in [3.05, 3.63) is 59.7 Å². The molecule has 1 heterocycles. The fourth-order valence-corrected chi connectivity index (χ4v) is 5.01. The van der Waals surface area contributed by atoms with Crippen molar-refractivity contribution < 1.29 is 26.7 Å². The molecule has 2 aromatic carbocycles. The van der Waals surface area contributed by atoms with Crippen LogP contribution in [0, 0.1) is 0 Å². The Labute approximate surface area is 168 Å². The van der Waals surface area contributed by atoms with E-state index in [9.17, 15) is 22.0 Å². The van der Waals surface area contributed by atoms with E-state index in [1.807, 2.05) is 0 Å². The molecule has 1 saturated heterocycles. The second-order valence-electron chi connectivity index (χ2n) is 6.63. The van der Waals surface area contributed by atoms with Crippen LogP contribution in [0.4, 0.5) is 8.78 Å². The minimum absolute atomic E-state index is 0.0517. The highest BCUT2D eigenvalue weighted by atomic mass is 32.2. The number of sulfonamides is 1. The first-order valence-corrected chi connectivity index (χ1v) is 10.7. The number of halogens is 2. The van der Waals surface area contributed by atoms with Gasteiger partial charge in [-0.1, -0.05) is 36.8 Å². The number of para-hydroxylation sites is 1. The summed E-state index contributed by atoms with van der Waals surface area (Å²) < 4.78 is 57.0. The van der Waals surface area contributed by atoms with Crippen LogP contribution in [-0.4, -0.2) is 38.3 Å². The van der Waals surface area contributed by atoms with Gasteiger partial charge in [-0.15, -0.1) is 0 Å². The van der Waals surface area contributed by atoms with Gasteiger partial charge in [0.1, 0.15) is 5.75 Å². The van der Waals surface area contributed by atoms with E-state index >= 15 is 0 Å². The van der Waals surface area contributed by atoms with Crippen molar-refractivity contribution in [2.75, 3.05) is 13.1 Å². The highest BCUT2D eigenvalue weighted by molar-refractivity contribution is 7.89. The van der Waals surface area contributed by atoms with E-state index in [0.29, 0.717) is 18.7 Å². The lowest BCUT2D eigenvalue weighted by molar-refractivity contribution is -0.0501. The molecular formula is C20H22F2N2O4S. The van der Waals surface area contributed by atoms with Gasteiger partial charge in [0.05, 0.1) is 10.5 Å². The van der Waals surface area contributed by atoms with E-state index in [1.165, 1.54) is 34.6 Å². The maximum Gasteiger partial charge on any atom is 0.387 e. The second kappa shape index (κ2) is 9.32. The number of hydrogen-bond acceptors (Lipinski definition) is 4. The molecule has 0 atom stereocenters. The lowest BCUT2D eigenvalue weighted by Crippen LogP contribution is -2.36. The molecule has 1 fully saturated rings. The quantitative estimate of drug-likeness (QED) is 0.739. The zero-order chi connectivity index (χ0) is 20.9. The molecule has 6 nitrogen and oxygen atoms in total. The molecule has 3 rings (SSSR count). The van der Waals surface area contributed by atoms with Gasteiger partial charge in [0.15, 0.2) is 0 Å². The number of ether oxygens (including phenoxy) is 1. The Hall–Kier alpha value is -2.52. The number of alkyl halides is 2. The first-order valence-electron chi connectivity index (χ1n) is 9.29. The molecule has 156 valence electrons. The van der Waals surface area contributed by atoms with E-state index in [1.54, 1.807) is 18.2 Å². The first kappa shape index (κ1) is 21.2. The highest BCUT2D eigenvalue weighted by Crippen LogP contribution is 2.24. The summed E-state index contributed by atoms with van der Waals surface area (Å²) in [4.78, 5) is 12.6. The Balaban J connectivity index is 1.78. The van der Waals surface area contributed by atoms with Crippen molar-refractivity contribution >= 4 is 15.9 Å². The summed E-state index contributed by atoms with van der Waals surface area (Å²) in [7, 11) is -3.67. The zero-order valence-corrected chi connectivity index (χ0v) is 16.5. The van der Waals surface area contributed by atoms with Crippen LogP contribution < -0.4 is 10.1 Å². The fraction of sp³-hybridized carbons (Fsp3) is 0.350. The number of piperidine rings is 1. The number of carbonyl (C=O) groups excluding carboxylic acids is 1. The molecule has 29 heavy (non-hydrogen) atoms. The van der Waals surface area contributed by atoms with E-state index in [4.69, 9.17) is 0 Å². The molecule has 0 aliphatic carbocycles. The summed E-state index contributed by atoms with van der Waals surface area (Å²) in [6.45, 7) is -2.17. The van der Waals surface area contributed by atoms with Crippen LogP contribution >= 0.6 is 0 Å². The van der Waals surface area contributed by atoms with Crippen LogP contribution in [0.5, 0.6) is 5.75 Å². The van der Waals surface area contributed by atoms with Crippen LogP contribution in [0.2, 0.25) is 0 Å². The molecule has 2 aromatic rings. The summed E-state index contributed by atoms with van der Waals surface area (Å²) in [6.07, 6.45) is 2.64. The third kappa shape index (κ3) is 5.10. The normalized spacial score (nSPS) is 15.3. The SMILES string of the molecule is O=C(NCc1ccccc1S(=O)(=O)N1CCCCC1)c1ccccc1OC(F)F. The molecule has 0 unspecified atom stereocenters. The molecule has 0 aromatic heterocycles. The molecule has 1 amide bonds. The van der Waals surface area contributed by atoms with Gasteiger partial charge in [0, 0.05) is 19.6 Å². The second-order valence-corrected chi connectivity index (χ2v) is 8.54. The minimum Gasteiger partial charge on any atom is -0.434 e. The standard InChI is InChI=1S/C20H22F2N2O4S/c21-20(22)28-17-10-4-3-9-16(17)19(25)23-14-15-8-2-5-11-18(15)29(26,27)24-12-6-1-7-13-24/h2-5,8-11,20H,1,6-7,12-14H2,(H,23,25). The van der Waals surface area contributed by atoms with Gasteiger partial charge in [-0.05, 0) is 36.6 Å². The summed E-state index contributed by atoms with van der Waals surface area (Å²) in [6, 6.07) is 12.1. The Bertz CT molecular complexity index is 960. The fourth-order valence-electron chi connectivity index (χ4n) is 3.27. The Kier molecular flexibility index (Phi) is 6.81. The van der Waals surface area contributed by atoms with Crippen molar-refractivity contribution in [2.24, 2.45) is 0 Å². The van der Waals surface area contributed by atoms with Gasteiger partial charge in [0.25, 0.3) is 5.91 Å². The largest absolute Gasteiger partial charge is 0.434 e. The molecule has 1 aliphatic heterocycles. The average Bonchev–Trinajstić information content (AvgIpc) is 2.73. The number of benzene rings is 2. The van der Waals surface area contributed by atoms with Crippen molar-refractivity contribution in [3.63, 3.8) is 0 Å². The van der Waals surface area contributed by atoms with E-state index in [2.05, 4.69) is 10.1 Å². The van der Waals surface area contributed by atoms with E-state index in [0.717, 1.165) is 19.3 Å². The van der Waals surface area contributed by atoms with Gasteiger partial charge in [-0.2, -0.15) is 13.1 Å². The lowest BCUT2D eigenvalue weighted by Gasteiger charge is -2.26. The van der Waals surface area contributed by atoms with Crippen LogP contribution in [0.15, 0.2) is 53.4 Å². The minimum atomic E-state index is -3.67. The first-order chi connectivity index (χ1) is 13.9. The number of rotatable bonds is 7. The van der Waals surface area contributed by atoms with Crippen molar-refractivity contribution in [1.29, 1.82) is 0 Å². The average molecular weight is 424 g/mol. The van der Waals surface area contributed by atoms with E-state index < -0.39 is 22.5 Å². The summed E-state index contributed by atoms with van der Waals surface area (Å²) in [5.41, 5.74) is 0.378. The van der Waals surface area contributed by atoms with Crippen molar-refractivity contribution in [1.82, 2.24) is 9.62 Å². The Morgan fingerprint density at radius 2 is 1.69 bits per heavy atom. The molecule has 0 saturated carbocycles. The smallest absolute Gasteiger partial charge is 0.387 e. The molecule has 0 radical (unpaired) electrons. The molecule has 0 bridgehead atoms. The number of hydrogen-bond donors (Lipinski definition) is 1. The van der Waals surface area contributed by atoms with E-state index in [-0.39, 0.29) is 22.8 Å². The van der Waals surface area contributed by atoms with Gasteiger partial charge >= 0.3 is 6.61 Å². The molecule has 9 heteroatoms. The number of nitrogens with one attached hydrogen (secondary N) is 1. The summed E-state index contributed by atoms with van der Waals surface area (Å²) in [5.74, 6) is -0.874.